The quantitative estimate of drug-likeness (QED) is 0.397. The average Bonchev–Trinajstić information content (AvgIpc) is 3.19. The molecule has 3 aromatic rings. The zero-order valence-corrected chi connectivity index (χ0v) is 19.9. The standard InChI is InChI=1S/C26H20ClF3N2O2S/c27-21-9-8-18(15-20(21)26(28,29)30)25(34)10-12-32(13-11-25)24-31-23(33)22(35-24)14-17-6-3-5-16-4-1-2-7-19(16)17/h1-9,14-15,34H,10-13H2. The van der Waals surface area contributed by atoms with Crippen LogP contribution in [0, 0.1) is 0 Å². The number of aliphatic imine (C=N–C) groups is 1. The van der Waals surface area contributed by atoms with Gasteiger partial charge in [-0.1, -0.05) is 60.1 Å². The minimum absolute atomic E-state index is 0.183. The van der Waals surface area contributed by atoms with Crippen LogP contribution in [0.25, 0.3) is 16.8 Å². The third-order valence-electron chi connectivity index (χ3n) is 6.39. The van der Waals surface area contributed by atoms with E-state index in [1.807, 2.05) is 53.4 Å². The second-order valence-corrected chi connectivity index (χ2v) is 10.0. The third kappa shape index (κ3) is 4.70. The number of likely N-dealkylation sites (tertiary alicyclic amines) is 1. The van der Waals surface area contributed by atoms with Crippen LogP contribution in [0.3, 0.4) is 0 Å². The minimum Gasteiger partial charge on any atom is -0.385 e. The van der Waals surface area contributed by atoms with E-state index in [1.165, 1.54) is 23.9 Å². The maximum atomic E-state index is 13.3. The number of rotatable bonds is 2. The highest BCUT2D eigenvalue weighted by Crippen LogP contribution is 2.41. The van der Waals surface area contributed by atoms with Crippen LogP contribution in [0.15, 0.2) is 70.6 Å². The van der Waals surface area contributed by atoms with E-state index in [0.717, 1.165) is 22.4 Å². The molecule has 1 N–H and O–H groups in total. The number of fused-ring (bicyclic) bond motifs is 1. The van der Waals surface area contributed by atoms with Crippen molar-refractivity contribution in [2.45, 2.75) is 24.6 Å². The molecule has 1 amide bonds. The van der Waals surface area contributed by atoms with Crippen LogP contribution in [-0.2, 0) is 16.6 Å². The fourth-order valence-corrected chi connectivity index (χ4v) is 5.62. The van der Waals surface area contributed by atoms with Crippen LogP contribution in [-0.4, -0.2) is 34.2 Å². The van der Waals surface area contributed by atoms with Crippen molar-refractivity contribution in [3.8, 4) is 0 Å². The van der Waals surface area contributed by atoms with Crippen LogP contribution in [0.2, 0.25) is 5.02 Å². The van der Waals surface area contributed by atoms with Crippen molar-refractivity contribution in [3.05, 3.63) is 87.3 Å². The lowest BCUT2D eigenvalue weighted by molar-refractivity contribution is -0.137. The SMILES string of the molecule is O=C1N=C(N2CCC(O)(c3ccc(Cl)c(C(F)(F)F)c3)CC2)SC1=Cc1cccc2ccccc12. The third-order valence-corrected chi connectivity index (χ3v) is 7.76. The van der Waals surface area contributed by atoms with Crippen molar-refractivity contribution < 1.29 is 23.1 Å². The van der Waals surface area contributed by atoms with Gasteiger partial charge in [-0.3, -0.25) is 4.79 Å². The highest BCUT2D eigenvalue weighted by atomic mass is 35.5. The number of alkyl halides is 3. The molecule has 35 heavy (non-hydrogen) atoms. The van der Waals surface area contributed by atoms with Crippen molar-refractivity contribution >= 4 is 51.3 Å². The molecule has 180 valence electrons. The summed E-state index contributed by atoms with van der Waals surface area (Å²) < 4.78 is 39.8. The Morgan fingerprint density at radius 1 is 1.06 bits per heavy atom. The summed E-state index contributed by atoms with van der Waals surface area (Å²) in [6, 6.07) is 17.3. The molecule has 0 bridgehead atoms. The Bertz CT molecular complexity index is 1370. The van der Waals surface area contributed by atoms with Gasteiger partial charge in [-0.15, -0.1) is 0 Å². The predicted octanol–water partition coefficient (Wildman–Crippen LogP) is 6.47. The molecule has 2 aliphatic heterocycles. The number of thioether (sulfide) groups is 1. The van der Waals surface area contributed by atoms with Crippen LogP contribution in [0.5, 0.6) is 0 Å². The number of hydrogen-bond donors (Lipinski definition) is 1. The summed E-state index contributed by atoms with van der Waals surface area (Å²) in [6.07, 6.45) is -2.38. The maximum Gasteiger partial charge on any atom is 0.417 e. The number of halogens is 4. The zero-order chi connectivity index (χ0) is 24.8. The normalized spacial score (nSPS) is 19.5. The number of aliphatic hydroxyl groups is 1. The minimum atomic E-state index is -4.60. The van der Waals surface area contributed by atoms with Gasteiger partial charge in [0.05, 0.1) is 21.1 Å². The van der Waals surface area contributed by atoms with E-state index in [0.29, 0.717) is 23.2 Å². The van der Waals surface area contributed by atoms with E-state index >= 15 is 0 Å². The Hall–Kier alpha value is -2.81. The van der Waals surface area contributed by atoms with Crippen LogP contribution in [0.4, 0.5) is 13.2 Å². The fraction of sp³-hybridized carbons (Fsp3) is 0.231. The van der Waals surface area contributed by atoms with Gasteiger partial charge in [0.2, 0.25) is 0 Å². The molecular weight excluding hydrogens is 497 g/mol. The molecule has 9 heteroatoms. The molecule has 5 rings (SSSR count). The average molecular weight is 517 g/mol. The lowest BCUT2D eigenvalue weighted by atomic mass is 9.84. The Labute approximate surface area is 209 Å². The lowest BCUT2D eigenvalue weighted by Gasteiger charge is -2.39. The van der Waals surface area contributed by atoms with Crippen molar-refractivity contribution in [1.29, 1.82) is 0 Å². The van der Waals surface area contributed by atoms with Crippen molar-refractivity contribution in [2.24, 2.45) is 4.99 Å². The smallest absolute Gasteiger partial charge is 0.385 e. The molecule has 4 nitrogen and oxygen atoms in total. The van der Waals surface area contributed by atoms with E-state index in [9.17, 15) is 23.1 Å². The van der Waals surface area contributed by atoms with Gasteiger partial charge in [0.15, 0.2) is 5.17 Å². The van der Waals surface area contributed by atoms with Crippen LogP contribution < -0.4 is 0 Å². The van der Waals surface area contributed by atoms with E-state index in [-0.39, 0.29) is 24.3 Å². The zero-order valence-electron chi connectivity index (χ0n) is 18.3. The number of benzene rings is 3. The van der Waals surface area contributed by atoms with E-state index in [2.05, 4.69) is 4.99 Å². The lowest BCUT2D eigenvalue weighted by Crippen LogP contribution is -2.44. The molecule has 3 aromatic carbocycles. The first-order valence-electron chi connectivity index (χ1n) is 11.0. The summed E-state index contributed by atoms with van der Waals surface area (Å²) in [4.78, 5) is 19.2. The van der Waals surface area contributed by atoms with E-state index in [4.69, 9.17) is 11.6 Å². The number of carbonyl (C=O) groups excluding carboxylic acids is 1. The van der Waals surface area contributed by atoms with E-state index in [1.54, 1.807) is 0 Å². The monoisotopic (exact) mass is 516 g/mol. The predicted molar refractivity (Wildman–Crippen MR) is 133 cm³/mol. The van der Waals surface area contributed by atoms with Gasteiger partial charge in [-0.2, -0.15) is 18.2 Å². The Morgan fingerprint density at radius 3 is 2.51 bits per heavy atom. The van der Waals surface area contributed by atoms with Gasteiger partial charge in [0.25, 0.3) is 5.91 Å². The number of piperidine rings is 1. The van der Waals surface area contributed by atoms with Crippen LogP contribution in [0.1, 0.15) is 29.5 Å². The molecule has 1 saturated heterocycles. The molecule has 0 radical (unpaired) electrons. The molecule has 0 unspecified atom stereocenters. The van der Waals surface area contributed by atoms with Crippen molar-refractivity contribution in [1.82, 2.24) is 4.90 Å². The van der Waals surface area contributed by atoms with Crippen molar-refractivity contribution in [3.63, 3.8) is 0 Å². The van der Waals surface area contributed by atoms with Crippen LogP contribution >= 0.6 is 23.4 Å². The molecular formula is C26H20ClF3N2O2S. The first-order valence-corrected chi connectivity index (χ1v) is 12.2. The van der Waals surface area contributed by atoms with Gasteiger partial charge in [0, 0.05) is 13.1 Å². The summed E-state index contributed by atoms with van der Waals surface area (Å²) in [7, 11) is 0. The first kappa shape index (κ1) is 23.9. The second kappa shape index (κ2) is 9.00. The number of nitrogens with zero attached hydrogens (tertiary/aromatic N) is 2. The molecule has 0 atom stereocenters. The summed E-state index contributed by atoms with van der Waals surface area (Å²) in [6.45, 7) is 0.697. The summed E-state index contributed by atoms with van der Waals surface area (Å²) in [5.74, 6) is -0.328. The van der Waals surface area contributed by atoms with Crippen molar-refractivity contribution in [2.75, 3.05) is 13.1 Å². The Morgan fingerprint density at radius 2 is 1.77 bits per heavy atom. The van der Waals surface area contributed by atoms with Gasteiger partial charge < -0.3 is 10.0 Å². The maximum absolute atomic E-state index is 13.3. The molecule has 2 heterocycles. The Balaban J connectivity index is 1.31. The highest BCUT2D eigenvalue weighted by Gasteiger charge is 2.40. The number of amidine groups is 1. The molecule has 1 fully saturated rings. The number of amides is 1. The number of carbonyl (C=O) groups is 1. The Kier molecular flexibility index (Phi) is 6.15. The van der Waals surface area contributed by atoms with Gasteiger partial charge in [0.1, 0.15) is 0 Å². The van der Waals surface area contributed by atoms with E-state index < -0.39 is 22.4 Å². The highest BCUT2D eigenvalue weighted by molar-refractivity contribution is 8.18. The van der Waals surface area contributed by atoms with Gasteiger partial charge in [-0.05, 0) is 64.7 Å². The largest absolute Gasteiger partial charge is 0.417 e. The topological polar surface area (TPSA) is 52.9 Å². The summed E-state index contributed by atoms with van der Waals surface area (Å²) >= 11 is 7.00. The molecule has 0 aliphatic carbocycles. The molecule has 0 spiro atoms. The summed E-state index contributed by atoms with van der Waals surface area (Å²) in [5, 5.41) is 13.4. The fourth-order valence-electron chi connectivity index (χ4n) is 4.44. The van der Waals surface area contributed by atoms with Gasteiger partial charge >= 0.3 is 6.18 Å². The molecule has 2 aliphatic rings. The molecule has 0 saturated carbocycles. The number of hydrogen-bond acceptors (Lipinski definition) is 4. The van der Waals surface area contributed by atoms with Gasteiger partial charge in [-0.25, -0.2) is 0 Å². The first-order chi connectivity index (χ1) is 16.6. The summed E-state index contributed by atoms with van der Waals surface area (Å²) in [5.41, 5.74) is -1.28. The second-order valence-electron chi connectivity index (χ2n) is 8.59. The molecule has 0 aromatic heterocycles.